The second-order valence-electron chi connectivity index (χ2n) is 1.46. The highest BCUT2D eigenvalue weighted by Crippen LogP contribution is 1.78. The van der Waals surface area contributed by atoms with E-state index in [1.807, 2.05) is 0 Å². The third kappa shape index (κ3) is 2.42. The molecule has 2 N–H and O–H groups in total. The Hall–Kier alpha value is 0.177. The molecule has 0 aliphatic rings. The maximum atomic E-state index is 5.47. The van der Waals surface area contributed by atoms with Crippen LogP contribution in [-0.4, -0.2) is 15.2 Å². The molecule has 0 aromatic heterocycles. The Morgan fingerprint density at radius 2 is 2.50 bits per heavy atom. The Morgan fingerprint density at radius 3 is 2.50 bits per heavy atom. The third-order valence-corrected chi connectivity index (χ3v) is 2.35. The first-order valence-electron chi connectivity index (χ1n) is 2.36. The first kappa shape index (κ1) is 6.18. The lowest BCUT2D eigenvalue weighted by molar-refractivity contribution is 0.906. The molecular weight excluding hydrogens is 90.1 g/mol. The van der Waals surface area contributed by atoms with Gasteiger partial charge < -0.3 is 5.73 Å². The molecule has 1 atom stereocenters. The summed E-state index contributed by atoms with van der Waals surface area (Å²) in [5, 5.41) is 0. The summed E-state index contributed by atoms with van der Waals surface area (Å²) in [4.78, 5) is 0. The Morgan fingerprint density at radius 1 is 2.00 bits per heavy atom. The van der Waals surface area contributed by atoms with Gasteiger partial charge in [-0.05, 0) is 12.1 Å². The van der Waals surface area contributed by atoms with E-state index in [-0.39, 0.29) is 9.52 Å². The van der Waals surface area contributed by atoms with Crippen molar-refractivity contribution >= 4 is 9.52 Å². The van der Waals surface area contributed by atoms with Crippen molar-refractivity contribution in [3.63, 3.8) is 0 Å². The number of hydrogen-bond donors (Lipinski definition) is 1. The summed E-state index contributed by atoms with van der Waals surface area (Å²) in [6.45, 7) is 5.87. The summed E-state index contributed by atoms with van der Waals surface area (Å²) in [6, 6.07) is 0. The van der Waals surface area contributed by atoms with Crippen LogP contribution in [0.1, 0.15) is 6.42 Å². The molecule has 0 fully saturated rings. The molecule has 0 aliphatic carbocycles. The SMILES string of the molecule is [CH2]CC(N)[SiH2]C. The van der Waals surface area contributed by atoms with Crippen LogP contribution in [-0.2, 0) is 0 Å². The van der Waals surface area contributed by atoms with Crippen LogP contribution in [0.15, 0.2) is 0 Å². The minimum absolute atomic E-state index is 0.0536. The largest absolute Gasteiger partial charge is 0.331 e. The van der Waals surface area contributed by atoms with Gasteiger partial charge in [0.1, 0.15) is 0 Å². The Bertz CT molecular complexity index is 26.7. The molecule has 0 rings (SSSR count). The predicted molar refractivity (Wildman–Crippen MR) is 32.4 cm³/mol. The molecule has 1 radical (unpaired) electrons. The highest BCUT2D eigenvalue weighted by atomic mass is 28.2. The van der Waals surface area contributed by atoms with E-state index in [2.05, 4.69) is 13.5 Å². The van der Waals surface area contributed by atoms with Crippen molar-refractivity contribution in [2.75, 3.05) is 0 Å². The Kier molecular flexibility index (Phi) is 3.47. The molecule has 0 saturated heterocycles. The predicted octanol–water partition coefficient (Wildman–Crippen LogP) is -0.288. The average molecular weight is 102 g/mol. The van der Waals surface area contributed by atoms with E-state index in [0.717, 1.165) is 6.42 Å². The van der Waals surface area contributed by atoms with Gasteiger partial charge in [-0.1, -0.05) is 13.5 Å². The van der Waals surface area contributed by atoms with Crippen LogP contribution in [0.3, 0.4) is 0 Å². The molecule has 37 valence electrons. The smallest absolute Gasteiger partial charge is 0.0371 e. The van der Waals surface area contributed by atoms with Crippen LogP contribution in [0.2, 0.25) is 6.55 Å². The van der Waals surface area contributed by atoms with E-state index >= 15 is 0 Å². The molecule has 0 aromatic carbocycles. The van der Waals surface area contributed by atoms with Gasteiger partial charge in [-0.2, -0.15) is 0 Å². The van der Waals surface area contributed by atoms with Gasteiger partial charge in [-0.25, -0.2) is 0 Å². The van der Waals surface area contributed by atoms with E-state index in [1.165, 1.54) is 0 Å². The standard InChI is InChI=1S/C4H12NSi/c1-3-4(5)6-2/h4H,1,3,5-6H2,2H3. The van der Waals surface area contributed by atoms with Crippen molar-refractivity contribution in [3.05, 3.63) is 6.92 Å². The molecular formula is C4H12NSi. The van der Waals surface area contributed by atoms with Crippen molar-refractivity contribution in [2.45, 2.75) is 18.6 Å². The zero-order valence-electron chi connectivity index (χ0n) is 4.28. The van der Waals surface area contributed by atoms with Crippen LogP contribution in [0.5, 0.6) is 0 Å². The van der Waals surface area contributed by atoms with E-state index in [9.17, 15) is 0 Å². The summed E-state index contributed by atoms with van der Waals surface area (Å²) >= 11 is 0. The van der Waals surface area contributed by atoms with Crippen LogP contribution >= 0.6 is 0 Å². The van der Waals surface area contributed by atoms with Crippen LogP contribution in [0.25, 0.3) is 0 Å². The zero-order chi connectivity index (χ0) is 4.99. The lowest BCUT2D eigenvalue weighted by Gasteiger charge is -1.98. The number of nitrogens with two attached hydrogens (primary N) is 1. The van der Waals surface area contributed by atoms with Crippen molar-refractivity contribution < 1.29 is 0 Å². The van der Waals surface area contributed by atoms with Gasteiger partial charge in [0, 0.05) is 9.52 Å². The van der Waals surface area contributed by atoms with Crippen LogP contribution in [0.4, 0.5) is 0 Å². The molecule has 0 aromatic rings. The second kappa shape index (κ2) is 3.37. The fourth-order valence-electron chi connectivity index (χ4n) is 0.204. The quantitative estimate of drug-likeness (QED) is 0.476. The van der Waals surface area contributed by atoms with Gasteiger partial charge >= 0.3 is 0 Å². The Labute approximate surface area is 41.7 Å². The molecule has 0 amide bonds. The van der Waals surface area contributed by atoms with E-state index < -0.39 is 0 Å². The first-order valence-corrected chi connectivity index (χ1v) is 4.59. The highest BCUT2D eigenvalue weighted by molar-refractivity contribution is 6.35. The van der Waals surface area contributed by atoms with Gasteiger partial charge in [0.05, 0.1) is 0 Å². The maximum Gasteiger partial charge on any atom is 0.0371 e. The normalized spacial score (nSPS) is 16.5. The molecule has 0 spiro atoms. The van der Waals surface area contributed by atoms with Crippen LogP contribution < -0.4 is 5.73 Å². The zero-order valence-corrected chi connectivity index (χ0v) is 5.69. The maximum absolute atomic E-state index is 5.47. The van der Waals surface area contributed by atoms with Gasteiger partial charge in [-0.15, -0.1) is 0 Å². The second-order valence-corrected chi connectivity index (χ2v) is 3.32. The minimum Gasteiger partial charge on any atom is -0.331 e. The van der Waals surface area contributed by atoms with Gasteiger partial charge in [0.25, 0.3) is 0 Å². The fraction of sp³-hybridized carbons (Fsp3) is 0.750. The number of rotatable bonds is 2. The summed E-state index contributed by atoms with van der Waals surface area (Å²) in [6.07, 6.45) is 0.919. The first-order chi connectivity index (χ1) is 2.81. The van der Waals surface area contributed by atoms with E-state index in [0.29, 0.717) is 5.67 Å². The van der Waals surface area contributed by atoms with Gasteiger partial charge in [0.15, 0.2) is 0 Å². The fourth-order valence-corrected chi connectivity index (χ4v) is 0.612. The van der Waals surface area contributed by atoms with E-state index in [4.69, 9.17) is 5.73 Å². The molecule has 0 aliphatic heterocycles. The molecule has 1 unspecified atom stereocenters. The Balaban J connectivity index is 2.75. The molecule has 0 heterocycles. The van der Waals surface area contributed by atoms with Crippen molar-refractivity contribution in [1.82, 2.24) is 0 Å². The highest BCUT2D eigenvalue weighted by Gasteiger charge is 1.89. The van der Waals surface area contributed by atoms with Gasteiger partial charge in [-0.3, -0.25) is 0 Å². The van der Waals surface area contributed by atoms with Crippen molar-refractivity contribution in [3.8, 4) is 0 Å². The lowest BCUT2D eigenvalue weighted by Crippen LogP contribution is -2.23. The molecule has 2 heteroatoms. The third-order valence-electron chi connectivity index (χ3n) is 0.895. The summed E-state index contributed by atoms with van der Waals surface area (Å²) in [7, 11) is 0.0536. The molecule has 1 nitrogen and oxygen atoms in total. The monoisotopic (exact) mass is 102 g/mol. The molecule has 0 bridgehead atoms. The van der Waals surface area contributed by atoms with Crippen molar-refractivity contribution in [2.24, 2.45) is 5.73 Å². The number of hydrogen-bond acceptors (Lipinski definition) is 1. The summed E-state index contributed by atoms with van der Waals surface area (Å²) in [5.41, 5.74) is 5.93. The summed E-state index contributed by atoms with van der Waals surface area (Å²) < 4.78 is 0. The lowest BCUT2D eigenvalue weighted by atomic mass is 10.5. The molecule has 6 heavy (non-hydrogen) atoms. The van der Waals surface area contributed by atoms with Gasteiger partial charge in [0.2, 0.25) is 0 Å². The van der Waals surface area contributed by atoms with Crippen molar-refractivity contribution in [1.29, 1.82) is 0 Å². The minimum atomic E-state index is 0.0536. The topological polar surface area (TPSA) is 26.0 Å². The van der Waals surface area contributed by atoms with Crippen LogP contribution in [0, 0.1) is 6.92 Å². The summed E-state index contributed by atoms with van der Waals surface area (Å²) in [5.74, 6) is 0. The van der Waals surface area contributed by atoms with E-state index in [1.54, 1.807) is 0 Å². The average Bonchev–Trinajstić information content (AvgIpc) is 1.65. The molecule has 0 saturated carbocycles.